The van der Waals surface area contributed by atoms with Gasteiger partial charge in [0.05, 0.1) is 15.0 Å². The van der Waals surface area contributed by atoms with Crippen LogP contribution in [0, 0.1) is 15.9 Å². The molecule has 22 heavy (non-hydrogen) atoms. The second-order valence-corrected chi connectivity index (χ2v) is 6.31. The van der Waals surface area contributed by atoms with Crippen LogP contribution in [0.25, 0.3) is 0 Å². The van der Waals surface area contributed by atoms with E-state index in [9.17, 15) is 22.9 Å². The third-order valence-corrected chi connectivity index (χ3v) is 4.50. The zero-order valence-electron chi connectivity index (χ0n) is 10.5. The Hall–Kier alpha value is -1.90. The molecule has 0 bridgehead atoms. The summed E-state index contributed by atoms with van der Waals surface area (Å²) in [5.74, 6) is -1.02. The lowest BCUT2D eigenvalue weighted by molar-refractivity contribution is -0.384. The van der Waals surface area contributed by atoms with Gasteiger partial charge in [0.2, 0.25) is 0 Å². The second-order valence-electron chi connectivity index (χ2n) is 3.98. The maximum absolute atomic E-state index is 12.9. The molecule has 0 N–H and O–H groups in total. The molecule has 0 aliphatic rings. The van der Waals surface area contributed by atoms with E-state index in [0.29, 0.717) is 0 Å². The van der Waals surface area contributed by atoms with Gasteiger partial charge in [-0.15, -0.1) is 0 Å². The molecule has 0 aliphatic heterocycles. The van der Waals surface area contributed by atoms with Crippen LogP contribution in [-0.4, -0.2) is 13.3 Å². The van der Waals surface area contributed by atoms with Crippen LogP contribution < -0.4 is 4.18 Å². The van der Waals surface area contributed by atoms with Crippen LogP contribution in [0.1, 0.15) is 0 Å². The maximum Gasteiger partial charge on any atom is 0.340 e. The van der Waals surface area contributed by atoms with Crippen molar-refractivity contribution in [2.75, 3.05) is 0 Å². The first kappa shape index (κ1) is 16.5. The van der Waals surface area contributed by atoms with Gasteiger partial charge in [-0.1, -0.05) is 23.2 Å². The molecule has 0 atom stereocenters. The maximum atomic E-state index is 12.9. The van der Waals surface area contributed by atoms with Crippen LogP contribution in [0.5, 0.6) is 5.75 Å². The van der Waals surface area contributed by atoms with E-state index in [0.717, 1.165) is 36.4 Å². The summed E-state index contributed by atoms with van der Waals surface area (Å²) in [5, 5.41) is 9.95. The van der Waals surface area contributed by atoms with Crippen molar-refractivity contribution in [1.29, 1.82) is 0 Å². The highest BCUT2D eigenvalue weighted by molar-refractivity contribution is 7.87. The SMILES string of the molecule is O=[N+]([O-])c1ccc(OS(=O)(=O)c2ccc(F)cc2Cl)c(Cl)c1. The van der Waals surface area contributed by atoms with Gasteiger partial charge in [-0.3, -0.25) is 10.1 Å². The summed E-state index contributed by atoms with van der Waals surface area (Å²) >= 11 is 11.4. The molecule has 0 amide bonds. The Kier molecular flexibility index (Phi) is 4.55. The summed E-state index contributed by atoms with van der Waals surface area (Å²) in [6.07, 6.45) is 0. The minimum absolute atomic E-state index is 0.268. The number of nitrogens with zero attached hydrogens (tertiary/aromatic N) is 1. The number of nitro benzene ring substituents is 1. The lowest BCUT2D eigenvalue weighted by Crippen LogP contribution is -2.11. The van der Waals surface area contributed by atoms with E-state index < -0.39 is 25.8 Å². The van der Waals surface area contributed by atoms with Crippen molar-refractivity contribution in [3.05, 3.63) is 62.4 Å². The number of non-ortho nitro benzene ring substituents is 1. The predicted octanol–water partition coefficient (Wildman–Crippen LogP) is 3.81. The summed E-state index contributed by atoms with van der Waals surface area (Å²) in [6, 6.07) is 5.66. The monoisotopic (exact) mass is 365 g/mol. The van der Waals surface area contributed by atoms with Gasteiger partial charge in [-0.05, 0) is 24.3 Å². The van der Waals surface area contributed by atoms with E-state index >= 15 is 0 Å². The molecule has 116 valence electrons. The largest absolute Gasteiger partial charge is 0.377 e. The van der Waals surface area contributed by atoms with Crippen LogP contribution in [0.3, 0.4) is 0 Å². The first-order chi connectivity index (χ1) is 10.2. The lowest BCUT2D eigenvalue weighted by atomic mass is 10.3. The number of benzene rings is 2. The van der Waals surface area contributed by atoms with Crippen LogP contribution in [0.15, 0.2) is 41.3 Å². The highest BCUT2D eigenvalue weighted by atomic mass is 35.5. The van der Waals surface area contributed by atoms with Crippen molar-refractivity contribution < 1.29 is 21.9 Å². The van der Waals surface area contributed by atoms with Crippen molar-refractivity contribution in [3.63, 3.8) is 0 Å². The molecule has 6 nitrogen and oxygen atoms in total. The fraction of sp³-hybridized carbons (Fsp3) is 0. The molecule has 2 aromatic carbocycles. The molecule has 0 spiro atoms. The molecule has 0 saturated carbocycles. The Morgan fingerprint density at radius 3 is 2.32 bits per heavy atom. The fourth-order valence-electron chi connectivity index (χ4n) is 1.51. The standard InChI is InChI=1S/C12H6Cl2FNO5S/c13-9-6-8(16(17)18)2-3-11(9)21-22(19,20)12-4-1-7(15)5-10(12)14/h1-6H. The molecule has 0 fully saturated rings. The van der Waals surface area contributed by atoms with Gasteiger partial charge < -0.3 is 4.18 Å². The number of hydrogen-bond acceptors (Lipinski definition) is 5. The second kappa shape index (κ2) is 6.07. The van der Waals surface area contributed by atoms with E-state index in [-0.39, 0.29) is 21.5 Å². The Morgan fingerprint density at radius 1 is 1.09 bits per heavy atom. The quantitative estimate of drug-likeness (QED) is 0.467. The van der Waals surface area contributed by atoms with Crippen molar-refractivity contribution in [2.24, 2.45) is 0 Å². The topological polar surface area (TPSA) is 86.5 Å². The molecule has 0 radical (unpaired) electrons. The van der Waals surface area contributed by atoms with Crippen molar-refractivity contribution in [3.8, 4) is 5.75 Å². The normalized spacial score (nSPS) is 11.2. The molecular formula is C12H6Cl2FNO5S. The van der Waals surface area contributed by atoms with E-state index in [1.165, 1.54) is 0 Å². The third kappa shape index (κ3) is 3.46. The minimum atomic E-state index is -4.37. The molecule has 0 aromatic heterocycles. The molecule has 2 aromatic rings. The molecule has 2 rings (SSSR count). The molecule has 0 heterocycles. The first-order valence-electron chi connectivity index (χ1n) is 5.54. The van der Waals surface area contributed by atoms with Gasteiger partial charge in [0.15, 0.2) is 5.75 Å². The van der Waals surface area contributed by atoms with Crippen LogP contribution in [-0.2, 0) is 10.1 Å². The summed E-state index contributed by atoms with van der Waals surface area (Å²) in [7, 11) is -4.37. The van der Waals surface area contributed by atoms with E-state index in [1.54, 1.807) is 0 Å². The molecule has 0 aliphatic carbocycles. The number of hydrogen-bond donors (Lipinski definition) is 0. The average Bonchev–Trinajstić information content (AvgIpc) is 2.40. The fourth-order valence-corrected chi connectivity index (χ4v) is 3.23. The predicted molar refractivity (Wildman–Crippen MR) is 77.3 cm³/mol. The van der Waals surface area contributed by atoms with Crippen molar-refractivity contribution in [2.45, 2.75) is 4.90 Å². The number of halogens is 3. The van der Waals surface area contributed by atoms with Crippen LogP contribution >= 0.6 is 23.2 Å². The van der Waals surface area contributed by atoms with Gasteiger partial charge in [-0.25, -0.2) is 4.39 Å². The lowest BCUT2D eigenvalue weighted by Gasteiger charge is -2.09. The van der Waals surface area contributed by atoms with Crippen molar-refractivity contribution in [1.82, 2.24) is 0 Å². The average molecular weight is 366 g/mol. The number of nitro groups is 1. The molecular weight excluding hydrogens is 360 g/mol. The minimum Gasteiger partial charge on any atom is -0.377 e. The summed E-state index contributed by atoms with van der Waals surface area (Å²) < 4.78 is 41.9. The van der Waals surface area contributed by atoms with Crippen molar-refractivity contribution >= 4 is 39.0 Å². The first-order valence-corrected chi connectivity index (χ1v) is 7.70. The van der Waals surface area contributed by atoms with Gasteiger partial charge >= 0.3 is 10.1 Å². The smallest absolute Gasteiger partial charge is 0.340 e. The van der Waals surface area contributed by atoms with Gasteiger partial charge in [0, 0.05) is 12.1 Å². The van der Waals surface area contributed by atoms with Crippen LogP contribution in [0.4, 0.5) is 10.1 Å². The Bertz CT molecular complexity index is 857. The molecule has 10 heteroatoms. The van der Waals surface area contributed by atoms with E-state index in [2.05, 4.69) is 0 Å². The summed E-state index contributed by atoms with van der Waals surface area (Å²) in [6.45, 7) is 0. The van der Waals surface area contributed by atoms with Gasteiger partial charge in [0.1, 0.15) is 10.7 Å². The highest BCUT2D eigenvalue weighted by Gasteiger charge is 2.23. The Morgan fingerprint density at radius 2 is 1.77 bits per heavy atom. The van der Waals surface area contributed by atoms with Gasteiger partial charge in [0.25, 0.3) is 5.69 Å². The number of rotatable bonds is 4. The Balaban J connectivity index is 2.39. The van der Waals surface area contributed by atoms with Crippen LogP contribution in [0.2, 0.25) is 10.0 Å². The summed E-state index contributed by atoms with van der Waals surface area (Å²) in [4.78, 5) is 9.44. The summed E-state index contributed by atoms with van der Waals surface area (Å²) in [5.41, 5.74) is -0.324. The highest BCUT2D eigenvalue weighted by Crippen LogP contribution is 2.32. The Labute approximate surface area is 134 Å². The molecule has 0 saturated heterocycles. The van der Waals surface area contributed by atoms with Gasteiger partial charge in [-0.2, -0.15) is 8.42 Å². The van der Waals surface area contributed by atoms with E-state index in [4.69, 9.17) is 27.4 Å². The zero-order chi connectivity index (χ0) is 16.5. The zero-order valence-corrected chi connectivity index (χ0v) is 12.8. The van der Waals surface area contributed by atoms with E-state index in [1.807, 2.05) is 0 Å². The molecule has 0 unspecified atom stereocenters. The third-order valence-electron chi connectivity index (χ3n) is 2.49.